The summed E-state index contributed by atoms with van der Waals surface area (Å²) in [5.74, 6) is -0.381. The van der Waals surface area contributed by atoms with Gasteiger partial charge in [-0.25, -0.2) is 0 Å². The van der Waals surface area contributed by atoms with Crippen molar-refractivity contribution in [2.24, 2.45) is 0 Å². The number of aliphatic hydroxyl groups excluding tert-OH is 1. The lowest BCUT2D eigenvalue weighted by Crippen LogP contribution is -2.26. The minimum absolute atomic E-state index is 0.0347. The Kier molecular flexibility index (Phi) is 5.33. The van der Waals surface area contributed by atoms with Crippen molar-refractivity contribution in [3.63, 3.8) is 0 Å². The normalized spacial score (nSPS) is 12.4. The number of halogens is 1. The molecule has 0 aromatic heterocycles. The summed E-state index contributed by atoms with van der Waals surface area (Å²) in [4.78, 5) is 10.0. The minimum atomic E-state index is -0.679. The third kappa shape index (κ3) is 3.83. The van der Waals surface area contributed by atoms with Gasteiger partial charge in [0.1, 0.15) is 0 Å². The van der Waals surface area contributed by atoms with E-state index in [1.807, 2.05) is 6.92 Å². The van der Waals surface area contributed by atoms with Gasteiger partial charge in [-0.1, -0.05) is 11.6 Å². The van der Waals surface area contributed by atoms with E-state index in [2.05, 4.69) is 5.32 Å². The van der Waals surface area contributed by atoms with Crippen molar-refractivity contribution >= 4 is 17.3 Å². The Morgan fingerprint density at radius 3 is 2.78 bits per heavy atom. The fourth-order valence-corrected chi connectivity index (χ4v) is 1.73. The first kappa shape index (κ1) is 14.7. The molecule has 0 spiro atoms. The van der Waals surface area contributed by atoms with Gasteiger partial charge in [0.2, 0.25) is 0 Å². The Labute approximate surface area is 109 Å². The van der Waals surface area contributed by atoms with Crippen LogP contribution in [0.4, 0.5) is 5.69 Å². The van der Waals surface area contributed by atoms with Crippen molar-refractivity contribution in [1.29, 1.82) is 0 Å². The van der Waals surface area contributed by atoms with E-state index in [4.69, 9.17) is 16.7 Å². The van der Waals surface area contributed by atoms with Gasteiger partial charge in [-0.05, 0) is 19.4 Å². The van der Waals surface area contributed by atoms with Gasteiger partial charge in [0, 0.05) is 35.8 Å². The third-order valence-corrected chi connectivity index (χ3v) is 2.75. The van der Waals surface area contributed by atoms with Crippen LogP contribution in [0.2, 0.25) is 5.02 Å². The molecule has 0 heterocycles. The molecule has 0 amide bonds. The molecule has 6 nitrogen and oxygen atoms in total. The van der Waals surface area contributed by atoms with Crippen LogP contribution in [0.25, 0.3) is 0 Å². The van der Waals surface area contributed by atoms with E-state index in [1.165, 1.54) is 6.07 Å². The van der Waals surface area contributed by atoms with Gasteiger partial charge in [-0.2, -0.15) is 0 Å². The molecule has 1 atom stereocenters. The lowest BCUT2D eigenvalue weighted by molar-refractivity contribution is -0.385. The Morgan fingerprint density at radius 1 is 1.56 bits per heavy atom. The molecular weight excluding hydrogens is 260 g/mol. The molecule has 18 heavy (non-hydrogen) atoms. The Morgan fingerprint density at radius 2 is 2.22 bits per heavy atom. The predicted molar refractivity (Wildman–Crippen MR) is 67.8 cm³/mol. The Bertz CT molecular complexity index is 439. The summed E-state index contributed by atoms with van der Waals surface area (Å²) in [6.07, 6.45) is 0.559. The fourth-order valence-electron chi connectivity index (χ4n) is 1.49. The van der Waals surface area contributed by atoms with Crippen LogP contribution in [-0.2, 0) is 6.54 Å². The molecule has 0 saturated heterocycles. The number of benzene rings is 1. The van der Waals surface area contributed by atoms with Gasteiger partial charge < -0.3 is 15.5 Å². The van der Waals surface area contributed by atoms with E-state index in [0.717, 1.165) is 6.07 Å². The average molecular weight is 275 g/mol. The van der Waals surface area contributed by atoms with E-state index in [-0.39, 0.29) is 30.0 Å². The number of phenols is 1. The maximum atomic E-state index is 10.7. The molecule has 3 N–H and O–H groups in total. The summed E-state index contributed by atoms with van der Waals surface area (Å²) < 4.78 is 0. The van der Waals surface area contributed by atoms with Crippen LogP contribution in [0, 0.1) is 10.1 Å². The zero-order chi connectivity index (χ0) is 13.7. The first-order chi connectivity index (χ1) is 8.45. The van der Waals surface area contributed by atoms with Gasteiger partial charge in [0.25, 0.3) is 0 Å². The number of phenolic OH excluding ortho intramolecular Hbond substituents is 1. The van der Waals surface area contributed by atoms with Crippen molar-refractivity contribution in [1.82, 2.24) is 5.32 Å². The summed E-state index contributed by atoms with van der Waals surface area (Å²) in [6.45, 7) is 2.16. The van der Waals surface area contributed by atoms with E-state index in [9.17, 15) is 15.2 Å². The Hall–Kier alpha value is -1.37. The van der Waals surface area contributed by atoms with Crippen LogP contribution in [-0.4, -0.2) is 27.8 Å². The first-order valence-corrected chi connectivity index (χ1v) is 5.83. The van der Waals surface area contributed by atoms with Crippen molar-refractivity contribution in [2.45, 2.75) is 25.9 Å². The first-order valence-electron chi connectivity index (χ1n) is 5.45. The molecule has 0 aliphatic rings. The van der Waals surface area contributed by atoms with Crippen LogP contribution in [0.3, 0.4) is 0 Å². The number of aliphatic hydroxyl groups is 1. The second kappa shape index (κ2) is 6.53. The van der Waals surface area contributed by atoms with Crippen molar-refractivity contribution in [3.8, 4) is 5.75 Å². The lowest BCUT2D eigenvalue weighted by atomic mass is 10.1. The minimum Gasteiger partial charge on any atom is -0.502 e. The van der Waals surface area contributed by atoms with Gasteiger partial charge in [0.05, 0.1) is 4.92 Å². The van der Waals surface area contributed by atoms with Crippen molar-refractivity contribution in [2.75, 3.05) is 6.61 Å². The quantitative estimate of drug-likeness (QED) is 0.543. The number of hydrogen-bond acceptors (Lipinski definition) is 5. The maximum Gasteiger partial charge on any atom is 0.312 e. The summed E-state index contributed by atoms with van der Waals surface area (Å²) in [5, 5.41) is 32.4. The highest BCUT2D eigenvalue weighted by Crippen LogP contribution is 2.33. The molecule has 0 bridgehead atoms. The third-order valence-electron chi connectivity index (χ3n) is 2.53. The summed E-state index contributed by atoms with van der Waals surface area (Å²) in [5.41, 5.74) is -0.0481. The Balaban J connectivity index is 2.85. The SMILES string of the molecule is C[C@H](CCO)NCc1cc(Cl)cc([N+](=O)[O-])c1O. The highest BCUT2D eigenvalue weighted by Gasteiger charge is 2.18. The van der Waals surface area contributed by atoms with Gasteiger partial charge in [-0.15, -0.1) is 0 Å². The number of nitro benzene ring substituents is 1. The monoisotopic (exact) mass is 274 g/mol. The van der Waals surface area contributed by atoms with Crippen molar-refractivity contribution < 1.29 is 15.1 Å². The van der Waals surface area contributed by atoms with Crippen LogP contribution in [0.15, 0.2) is 12.1 Å². The standard InChI is InChI=1S/C11H15ClN2O4/c1-7(2-3-15)13-6-8-4-9(12)5-10(11(8)16)14(17)18/h4-5,7,13,15-16H,2-3,6H2,1H3/t7-/m1/s1. The van der Waals surface area contributed by atoms with Gasteiger partial charge >= 0.3 is 5.69 Å². The second-order valence-electron chi connectivity index (χ2n) is 3.98. The molecule has 1 aromatic carbocycles. The number of hydrogen-bond donors (Lipinski definition) is 3. The van der Waals surface area contributed by atoms with Crippen LogP contribution < -0.4 is 5.32 Å². The largest absolute Gasteiger partial charge is 0.502 e. The molecular formula is C11H15ClN2O4. The van der Waals surface area contributed by atoms with Crippen LogP contribution in [0.1, 0.15) is 18.9 Å². The molecule has 0 unspecified atom stereocenters. The fraction of sp³-hybridized carbons (Fsp3) is 0.455. The molecule has 0 saturated carbocycles. The molecule has 0 aliphatic heterocycles. The van der Waals surface area contributed by atoms with Crippen LogP contribution in [0.5, 0.6) is 5.75 Å². The zero-order valence-corrected chi connectivity index (χ0v) is 10.6. The predicted octanol–water partition coefficient (Wildman–Crippen LogP) is 1.81. The summed E-state index contributed by atoms with van der Waals surface area (Å²) in [6, 6.07) is 2.62. The van der Waals surface area contributed by atoms with E-state index in [1.54, 1.807) is 0 Å². The van der Waals surface area contributed by atoms with Crippen LogP contribution >= 0.6 is 11.6 Å². The average Bonchev–Trinajstić information content (AvgIpc) is 2.30. The van der Waals surface area contributed by atoms with Crippen molar-refractivity contribution in [3.05, 3.63) is 32.8 Å². The number of nitro groups is 1. The summed E-state index contributed by atoms with van der Waals surface area (Å²) in [7, 11) is 0. The topological polar surface area (TPSA) is 95.6 Å². The number of aromatic hydroxyl groups is 1. The lowest BCUT2D eigenvalue weighted by Gasteiger charge is -2.13. The number of nitrogens with zero attached hydrogens (tertiary/aromatic N) is 1. The highest BCUT2D eigenvalue weighted by molar-refractivity contribution is 6.31. The molecule has 0 fully saturated rings. The maximum absolute atomic E-state index is 10.7. The molecule has 1 rings (SSSR count). The zero-order valence-electron chi connectivity index (χ0n) is 9.89. The molecule has 0 radical (unpaired) electrons. The van der Waals surface area contributed by atoms with E-state index < -0.39 is 10.6 Å². The number of rotatable bonds is 6. The van der Waals surface area contributed by atoms with Gasteiger partial charge in [-0.3, -0.25) is 10.1 Å². The second-order valence-corrected chi connectivity index (χ2v) is 4.42. The molecule has 7 heteroatoms. The van der Waals surface area contributed by atoms with E-state index in [0.29, 0.717) is 12.0 Å². The smallest absolute Gasteiger partial charge is 0.312 e. The van der Waals surface area contributed by atoms with E-state index >= 15 is 0 Å². The van der Waals surface area contributed by atoms with Gasteiger partial charge in [0.15, 0.2) is 5.75 Å². The number of nitrogens with one attached hydrogen (secondary N) is 1. The molecule has 0 aliphatic carbocycles. The highest BCUT2D eigenvalue weighted by atomic mass is 35.5. The summed E-state index contributed by atoms with van der Waals surface area (Å²) >= 11 is 5.76. The molecule has 1 aromatic rings. The molecule has 100 valence electrons.